The number of hydrogen-bond acceptors (Lipinski definition) is 9. The van der Waals surface area contributed by atoms with Crippen LogP contribution in [0.15, 0.2) is 30.6 Å². The molecule has 3 aromatic rings. The Bertz CT molecular complexity index is 1160. The molecule has 1 aliphatic heterocycles. The standard InChI is InChI=1S/C28H40N6O4/c1-3-13-35-15-17-37-18-16-36-14-12-33-8-10-34(11-9-33)26-20-25(29-21-30-26)27-23-19-22(38-28(2)6-7-28)4-5-24(23)31-32-27/h4-5,19-21H,3,6-18H2,1-2H3,(H,31,32). The van der Waals surface area contributed by atoms with Gasteiger partial charge in [0.15, 0.2) is 0 Å². The van der Waals surface area contributed by atoms with E-state index in [1.54, 1.807) is 6.33 Å². The predicted octanol–water partition coefficient (Wildman–Crippen LogP) is 3.53. The molecule has 1 N–H and O–H groups in total. The van der Waals surface area contributed by atoms with E-state index < -0.39 is 0 Å². The van der Waals surface area contributed by atoms with Gasteiger partial charge in [0, 0.05) is 50.8 Å². The van der Waals surface area contributed by atoms with Gasteiger partial charge in [-0.25, -0.2) is 9.97 Å². The highest BCUT2D eigenvalue weighted by atomic mass is 16.5. The quantitative estimate of drug-likeness (QED) is 0.299. The van der Waals surface area contributed by atoms with E-state index in [-0.39, 0.29) is 5.60 Å². The second kappa shape index (κ2) is 12.8. The smallest absolute Gasteiger partial charge is 0.132 e. The number of benzene rings is 1. The maximum Gasteiger partial charge on any atom is 0.132 e. The predicted molar refractivity (Wildman–Crippen MR) is 147 cm³/mol. The molecular formula is C28H40N6O4. The zero-order chi connectivity index (χ0) is 26.2. The molecule has 0 spiro atoms. The van der Waals surface area contributed by atoms with Crippen molar-refractivity contribution < 1.29 is 18.9 Å². The molecule has 206 valence electrons. The third kappa shape index (κ3) is 7.19. The van der Waals surface area contributed by atoms with Gasteiger partial charge in [-0.2, -0.15) is 5.10 Å². The number of anilines is 1. The first-order valence-electron chi connectivity index (χ1n) is 13.8. The minimum Gasteiger partial charge on any atom is -0.488 e. The fourth-order valence-electron chi connectivity index (χ4n) is 4.54. The summed E-state index contributed by atoms with van der Waals surface area (Å²) in [4.78, 5) is 13.9. The van der Waals surface area contributed by atoms with Crippen LogP contribution in [-0.2, 0) is 14.2 Å². The molecule has 10 nitrogen and oxygen atoms in total. The van der Waals surface area contributed by atoms with Gasteiger partial charge in [-0.1, -0.05) is 6.92 Å². The summed E-state index contributed by atoms with van der Waals surface area (Å²) in [7, 11) is 0. The third-order valence-electron chi connectivity index (χ3n) is 7.09. The number of hydrogen-bond donors (Lipinski definition) is 1. The molecule has 0 amide bonds. The van der Waals surface area contributed by atoms with E-state index in [1.807, 2.05) is 18.2 Å². The second-order valence-corrected chi connectivity index (χ2v) is 10.3. The van der Waals surface area contributed by atoms with E-state index in [9.17, 15) is 0 Å². The van der Waals surface area contributed by atoms with Crippen LogP contribution in [0.1, 0.15) is 33.1 Å². The molecule has 1 saturated heterocycles. The normalized spacial score (nSPS) is 17.3. The number of aromatic nitrogens is 4. The lowest BCUT2D eigenvalue weighted by molar-refractivity contribution is 0.0105. The first-order chi connectivity index (χ1) is 18.6. The highest BCUT2D eigenvalue weighted by Crippen LogP contribution is 2.40. The van der Waals surface area contributed by atoms with Crippen molar-refractivity contribution in [2.45, 2.75) is 38.7 Å². The fourth-order valence-corrected chi connectivity index (χ4v) is 4.54. The Kier molecular flexibility index (Phi) is 9.06. The Morgan fingerprint density at radius 3 is 2.37 bits per heavy atom. The molecule has 1 aromatic carbocycles. The number of fused-ring (bicyclic) bond motifs is 1. The lowest BCUT2D eigenvalue weighted by Crippen LogP contribution is -2.47. The highest BCUT2D eigenvalue weighted by molar-refractivity contribution is 5.93. The molecule has 10 heteroatoms. The summed E-state index contributed by atoms with van der Waals surface area (Å²) in [6.45, 7) is 13.0. The summed E-state index contributed by atoms with van der Waals surface area (Å²) in [5, 5.41) is 8.71. The summed E-state index contributed by atoms with van der Waals surface area (Å²) >= 11 is 0. The molecule has 0 unspecified atom stereocenters. The van der Waals surface area contributed by atoms with E-state index in [2.05, 4.69) is 49.9 Å². The number of aromatic amines is 1. The number of piperazine rings is 1. The summed E-state index contributed by atoms with van der Waals surface area (Å²) in [5.74, 6) is 1.80. The van der Waals surface area contributed by atoms with Gasteiger partial charge in [-0.3, -0.25) is 10.00 Å². The molecule has 0 bridgehead atoms. The van der Waals surface area contributed by atoms with Crippen molar-refractivity contribution in [2.75, 3.05) is 77.3 Å². The van der Waals surface area contributed by atoms with Crippen molar-refractivity contribution in [3.8, 4) is 17.1 Å². The van der Waals surface area contributed by atoms with E-state index in [0.717, 1.165) is 92.5 Å². The highest BCUT2D eigenvalue weighted by Gasteiger charge is 2.40. The van der Waals surface area contributed by atoms with Crippen LogP contribution in [0.2, 0.25) is 0 Å². The minimum absolute atomic E-state index is 0.0221. The van der Waals surface area contributed by atoms with Crippen LogP contribution in [0.5, 0.6) is 5.75 Å². The Hall–Kier alpha value is -2.79. The molecule has 2 aliphatic rings. The Balaban J connectivity index is 1.08. The van der Waals surface area contributed by atoms with E-state index in [1.165, 1.54) is 0 Å². The van der Waals surface area contributed by atoms with Gasteiger partial charge in [0.2, 0.25) is 0 Å². The van der Waals surface area contributed by atoms with Crippen molar-refractivity contribution in [3.05, 3.63) is 30.6 Å². The average Bonchev–Trinajstić information content (AvgIpc) is 3.51. The van der Waals surface area contributed by atoms with Gasteiger partial charge in [0.05, 0.1) is 44.2 Å². The van der Waals surface area contributed by atoms with Crippen LogP contribution in [0, 0.1) is 0 Å². The fraction of sp³-hybridized carbons (Fsp3) is 0.607. The van der Waals surface area contributed by atoms with Crippen molar-refractivity contribution >= 4 is 16.7 Å². The summed E-state index contributed by atoms with van der Waals surface area (Å²) in [5.41, 5.74) is 2.58. The molecule has 3 heterocycles. The first-order valence-corrected chi connectivity index (χ1v) is 13.8. The van der Waals surface area contributed by atoms with Crippen LogP contribution in [-0.4, -0.2) is 103 Å². The molecule has 1 saturated carbocycles. The Morgan fingerprint density at radius 2 is 1.63 bits per heavy atom. The Labute approximate surface area is 224 Å². The topological polar surface area (TPSA) is 97.9 Å². The van der Waals surface area contributed by atoms with E-state index in [0.29, 0.717) is 33.0 Å². The van der Waals surface area contributed by atoms with E-state index >= 15 is 0 Å². The minimum atomic E-state index is -0.0221. The molecule has 5 rings (SSSR count). The molecule has 0 atom stereocenters. The Morgan fingerprint density at radius 1 is 0.895 bits per heavy atom. The largest absolute Gasteiger partial charge is 0.488 e. The first kappa shape index (κ1) is 26.8. The van der Waals surface area contributed by atoms with Gasteiger partial charge in [-0.15, -0.1) is 0 Å². The molecule has 38 heavy (non-hydrogen) atoms. The van der Waals surface area contributed by atoms with E-state index in [4.69, 9.17) is 18.9 Å². The van der Waals surface area contributed by atoms with Crippen molar-refractivity contribution in [3.63, 3.8) is 0 Å². The summed E-state index contributed by atoms with van der Waals surface area (Å²) in [6.07, 6.45) is 4.87. The van der Waals surface area contributed by atoms with Crippen molar-refractivity contribution in [2.24, 2.45) is 0 Å². The van der Waals surface area contributed by atoms with Crippen LogP contribution in [0.4, 0.5) is 5.82 Å². The number of H-pyrrole nitrogens is 1. The van der Waals surface area contributed by atoms with Gasteiger partial charge < -0.3 is 23.8 Å². The zero-order valence-electron chi connectivity index (χ0n) is 22.7. The number of nitrogens with one attached hydrogen (secondary N) is 1. The lowest BCUT2D eigenvalue weighted by atomic mass is 10.1. The molecular weight excluding hydrogens is 484 g/mol. The van der Waals surface area contributed by atoms with Gasteiger partial charge in [-0.05, 0) is 44.4 Å². The number of ether oxygens (including phenoxy) is 4. The maximum absolute atomic E-state index is 6.17. The van der Waals surface area contributed by atoms with Gasteiger partial charge in [0.1, 0.15) is 29.2 Å². The molecule has 0 radical (unpaired) electrons. The van der Waals surface area contributed by atoms with Crippen molar-refractivity contribution in [1.29, 1.82) is 0 Å². The van der Waals surface area contributed by atoms with Crippen LogP contribution < -0.4 is 9.64 Å². The maximum atomic E-state index is 6.17. The van der Waals surface area contributed by atoms with Crippen LogP contribution in [0.3, 0.4) is 0 Å². The second-order valence-electron chi connectivity index (χ2n) is 10.3. The molecule has 2 fully saturated rings. The monoisotopic (exact) mass is 524 g/mol. The summed E-state index contributed by atoms with van der Waals surface area (Å²) < 4.78 is 22.8. The van der Waals surface area contributed by atoms with Gasteiger partial charge >= 0.3 is 0 Å². The number of rotatable bonds is 15. The zero-order valence-corrected chi connectivity index (χ0v) is 22.7. The third-order valence-corrected chi connectivity index (χ3v) is 7.09. The lowest BCUT2D eigenvalue weighted by Gasteiger charge is -2.35. The molecule has 2 aromatic heterocycles. The van der Waals surface area contributed by atoms with Crippen LogP contribution >= 0.6 is 0 Å². The molecule has 1 aliphatic carbocycles. The SMILES string of the molecule is CCCOCCOCCOCCN1CCN(c2cc(-c3n[nH]c4ccc(OC5(C)CC5)cc34)ncn2)CC1. The summed E-state index contributed by atoms with van der Waals surface area (Å²) in [6, 6.07) is 8.13. The van der Waals surface area contributed by atoms with Crippen LogP contribution in [0.25, 0.3) is 22.3 Å². The van der Waals surface area contributed by atoms with Gasteiger partial charge in [0.25, 0.3) is 0 Å². The van der Waals surface area contributed by atoms with Crippen molar-refractivity contribution in [1.82, 2.24) is 25.1 Å². The average molecular weight is 525 g/mol. The number of nitrogens with zero attached hydrogens (tertiary/aromatic N) is 5.